The maximum Gasteiger partial charge on any atom is 0.214 e. The SMILES string of the molecule is CC1(O)CCC(Nc2nn3c(I)cnc3s2)CC1. The van der Waals surface area contributed by atoms with E-state index in [9.17, 15) is 5.11 Å². The number of rotatable bonds is 2. The molecule has 1 fully saturated rings. The number of nitrogens with zero attached hydrogens (tertiary/aromatic N) is 3. The third-order valence-corrected chi connectivity index (χ3v) is 5.02. The summed E-state index contributed by atoms with van der Waals surface area (Å²) < 4.78 is 2.88. The van der Waals surface area contributed by atoms with Gasteiger partial charge in [0, 0.05) is 6.04 Å². The molecule has 0 aromatic carbocycles. The van der Waals surface area contributed by atoms with Gasteiger partial charge >= 0.3 is 0 Å². The van der Waals surface area contributed by atoms with E-state index < -0.39 is 5.60 Å². The van der Waals surface area contributed by atoms with Crippen LogP contribution in [0.15, 0.2) is 6.20 Å². The van der Waals surface area contributed by atoms with Crippen molar-refractivity contribution in [2.75, 3.05) is 5.32 Å². The third-order valence-electron chi connectivity index (χ3n) is 3.43. The van der Waals surface area contributed by atoms with Crippen LogP contribution in [0, 0.1) is 3.70 Å². The van der Waals surface area contributed by atoms with Crippen LogP contribution < -0.4 is 5.32 Å². The quantitative estimate of drug-likeness (QED) is 0.789. The van der Waals surface area contributed by atoms with Crippen LogP contribution in [0.2, 0.25) is 0 Å². The lowest BCUT2D eigenvalue weighted by atomic mass is 9.84. The molecular formula is C11H15IN4OS. The fraction of sp³-hybridized carbons (Fsp3) is 0.636. The molecule has 0 spiro atoms. The smallest absolute Gasteiger partial charge is 0.214 e. The largest absolute Gasteiger partial charge is 0.390 e. The first-order valence-electron chi connectivity index (χ1n) is 6.02. The van der Waals surface area contributed by atoms with Gasteiger partial charge < -0.3 is 10.4 Å². The van der Waals surface area contributed by atoms with Gasteiger partial charge in [0.15, 0.2) is 0 Å². The van der Waals surface area contributed by atoms with E-state index in [-0.39, 0.29) is 0 Å². The second-order valence-corrected chi connectivity index (χ2v) is 7.16. The molecule has 1 aliphatic carbocycles. The highest BCUT2D eigenvalue weighted by atomic mass is 127. The zero-order valence-corrected chi connectivity index (χ0v) is 13.0. The Labute approximate surface area is 123 Å². The van der Waals surface area contributed by atoms with Crippen LogP contribution >= 0.6 is 33.9 Å². The van der Waals surface area contributed by atoms with E-state index in [4.69, 9.17) is 0 Å². The molecule has 0 atom stereocenters. The van der Waals surface area contributed by atoms with Crippen LogP contribution in [0.3, 0.4) is 0 Å². The van der Waals surface area contributed by atoms with Crippen molar-refractivity contribution in [3.63, 3.8) is 0 Å². The molecule has 0 saturated heterocycles. The summed E-state index contributed by atoms with van der Waals surface area (Å²) in [5.41, 5.74) is -0.481. The van der Waals surface area contributed by atoms with E-state index in [1.165, 1.54) is 0 Å². The standard InChI is InChI=1S/C11H15IN4OS/c1-11(17)4-2-7(3-5-11)14-9-15-16-8(12)6-13-10(16)18-9/h6-7,17H,2-5H2,1H3,(H,14,15). The summed E-state index contributed by atoms with van der Waals surface area (Å²) in [4.78, 5) is 5.21. The predicted molar refractivity (Wildman–Crippen MR) is 80.1 cm³/mol. The molecule has 2 aromatic rings. The molecule has 0 amide bonds. The number of nitrogens with one attached hydrogen (secondary N) is 1. The van der Waals surface area contributed by atoms with E-state index >= 15 is 0 Å². The number of anilines is 1. The van der Waals surface area contributed by atoms with Crippen molar-refractivity contribution in [1.29, 1.82) is 0 Å². The van der Waals surface area contributed by atoms with E-state index in [2.05, 4.69) is 38.0 Å². The molecule has 18 heavy (non-hydrogen) atoms. The third kappa shape index (κ3) is 2.48. The number of halogens is 1. The molecule has 0 radical (unpaired) electrons. The number of imidazole rings is 1. The van der Waals surface area contributed by atoms with Crippen molar-refractivity contribution in [2.24, 2.45) is 0 Å². The highest BCUT2D eigenvalue weighted by Gasteiger charge is 2.29. The van der Waals surface area contributed by atoms with Gasteiger partial charge in [-0.2, -0.15) is 4.52 Å². The Hall–Kier alpha value is -0.410. The van der Waals surface area contributed by atoms with Crippen molar-refractivity contribution < 1.29 is 5.11 Å². The Bertz CT molecular complexity index is 554. The molecule has 0 aliphatic heterocycles. The van der Waals surface area contributed by atoms with Gasteiger partial charge in [0.05, 0.1) is 11.8 Å². The summed E-state index contributed by atoms with van der Waals surface area (Å²) in [7, 11) is 0. The normalized spacial score (nSPS) is 28.7. The van der Waals surface area contributed by atoms with Crippen LogP contribution in [0.25, 0.3) is 4.96 Å². The van der Waals surface area contributed by atoms with Crippen LogP contribution in [0.4, 0.5) is 5.13 Å². The van der Waals surface area contributed by atoms with E-state index in [1.807, 2.05) is 17.6 Å². The molecule has 3 rings (SSSR count). The zero-order valence-electron chi connectivity index (χ0n) is 10.1. The lowest BCUT2D eigenvalue weighted by Crippen LogP contribution is -2.35. The number of hydrogen-bond acceptors (Lipinski definition) is 5. The molecule has 98 valence electrons. The molecule has 1 saturated carbocycles. The second-order valence-electron chi connectivity index (χ2n) is 5.10. The average Bonchev–Trinajstić information content (AvgIpc) is 2.85. The Kier molecular flexibility index (Phi) is 3.23. The Balaban J connectivity index is 1.69. The van der Waals surface area contributed by atoms with Gasteiger partial charge in [-0.05, 0) is 55.2 Å². The maximum atomic E-state index is 9.92. The van der Waals surface area contributed by atoms with Gasteiger partial charge in [-0.1, -0.05) is 11.3 Å². The molecule has 2 N–H and O–H groups in total. The lowest BCUT2D eigenvalue weighted by molar-refractivity contribution is 0.0196. The summed E-state index contributed by atoms with van der Waals surface area (Å²) >= 11 is 3.80. The Morgan fingerprint density at radius 3 is 2.94 bits per heavy atom. The molecule has 2 aromatic heterocycles. The van der Waals surface area contributed by atoms with E-state index in [1.54, 1.807) is 11.3 Å². The van der Waals surface area contributed by atoms with Crippen molar-refractivity contribution in [3.8, 4) is 0 Å². The van der Waals surface area contributed by atoms with E-state index in [0.29, 0.717) is 6.04 Å². The first-order valence-corrected chi connectivity index (χ1v) is 7.92. The molecule has 5 nitrogen and oxygen atoms in total. The summed E-state index contributed by atoms with van der Waals surface area (Å²) in [6.07, 6.45) is 5.51. The number of aliphatic hydroxyl groups is 1. The molecule has 1 aliphatic rings. The maximum absolute atomic E-state index is 9.92. The lowest BCUT2D eigenvalue weighted by Gasteiger charge is -2.33. The minimum Gasteiger partial charge on any atom is -0.390 e. The predicted octanol–water partition coefficient (Wildman–Crippen LogP) is 2.50. The molecular weight excluding hydrogens is 363 g/mol. The first kappa shape index (κ1) is 12.6. The average molecular weight is 378 g/mol. The van der Waals surface area contributed by atoms with Gasteiger partial charge in [0.2, 0.25) is 10.1 Å². The van der Waals surface area contributed by atoms with Crippen molar-refractivity contribution in [1.82, 2.24) is 14.6 Å². The van der Waals surface area contributed by atoms with Crippen LogP contribution in [0.5, 0.6) is 0 Å². The first-order chi connectivity index (χ1) is 8.53. The van der Waals surface area contributed by atoms with Crippen LogP contribution in [0.1, 0.15) is 32.6 Å². The highest BCUT2D eigenvalue weighted by Crippen LogP contribution is 2.30. The van der Waals surface area contributed by atoms with Crippen molar-refractivity contribution >= 4 is 44.0 Å². The second kappa shape index (κ2) is 4.61. The highest BCUT2D eigenvalue weighted by molar-refractivity contribution is 14.1. The van der Waals surface area contributed by atoms with Crippen LogP contribution in [-0.4, -0.2) is 31.3 Å². The van der Waals surface area contributed by atoms with Gasteiger partial charge in [0.1, 0.15) is 3.70 Å². The number of hydrogen-bond donors (Lipinski definition) is 2. The molecule has 0 unspecified atom stereocenters. The van der Waals surface area contributed by atoms with Gasteiger partial charge in [-0.15, -0.1) is 5.10 Å². The molecule has 0 bridgehead atoms. The Morgan fingerprint density at radius 1 is 1.56 bits per heavy atom. The fourth-order valence-corrected chi connectivity index (χ4v) is 3.78. The Morgan fingerprint density at radius 2 is 2.28 bits per heavy atom. The summed E-state index contributed by atoms with van der Waals surface area (Å²) in [6.45, 7) is 1.92. The minimum atomic E-state index is -0.481. The van der Waals surface area contributed by atoms with Crippen molar-refractivity contribution in [2.45, 2.75) is 44.2 Å². The zero-order chi connectivity index (χ0) is 12.8. The topological polar surface area (TPSA) is 62.5 Å². The molecule has 7 heteroatoms. The number of aromatic nitrogens is 3. The van der Waals surface area contributed by atoms with Crippen LogP contribution in [-0.2, 0) is 0 Å². The summed E-state index contributed by atoms with van der Waals surface area (Å²) in [5, 5.41) is 18.8. The minimum absolute atomic E-state index is 0.416. The summed E-state index contributed by atoms with van der Waals surface area (Å²) in [5.74, 6) is 0. The number of fused-ring (bicyclic) bond motifs is 1. The van der Waals surface area contributed by atoms with Crippen molar-refractivity contribution in [3.05, 3.63) is 9.90 Å². The van der Waals surface area contributed by atoms with Gasteiger partial charge in [0.25, 0.3) is 0 Å². The van der Waals surface area contributed by atoms with Gasteiger partial charge in [-0.25, -0.2) is 4.98 Å². The summed E-state index contributed by atoms with van der Waals surface area (Å²) in [6, 6.07) is 0.416. The van der Waals surface area contributed by atoms with Gasteiger partial charge in [-0.3, -0.25) is 0 Å². The fourth-order valence-electron chi connectivity index (χ4n) is 2.28. The monoisotopic (exact) mass is 378 g/mol. The molecule has 2 heterocycles. The van der Waals surface area contributed by atoms with E-state index in [0.717, 1.165) is 39.5 Å².